The van der Waals surface area contributed by atoms with Gasteiger partial charge in [0.25, 0.3) is 5.91 Å². The second kappa shape index (κ2) is 11.4. The van der Waals surface area contributed by atoms with Crippen LogP contribution in [0.5, 0.6) is 0 Å². The van der Waals surface area contributed by atoms with Crippen LogP contribution in [0.1, 0.15) is 49.9 Å². The van der Waals surface area contributed by atoms with Crippen molar-refractivity contribution in [3.05, 3.63) is 90.0 Å². The first-order valence-corrected chi connectivity index (χ1v) is 12.5. The zero-order valence-electron chi connectivity index (χ0n) is 21.8. The fourth-order valence-electron chi connectivity index (χ4n) is 4.59. The van der Waals surface area contributed by atoms with Gasteiger partial charge in [0, 0.05) is 49.0 Å². The summed E-state index contributed by atoms with van der Waals surface area (Å²) < 4.78 is 0. The van der Waals surface area contributed by atoms with Gasteiger partial charge in [-0.3, -0.25) is 29.4 Å². The van der Waals surface area contributed by atoms with Crippen LogP contribution in [-0.4, -0.2) is 50.5 Å². The number of nitrogens with zero attached hydrogens (tertiary/aromatic N) is 5. The summed E-state index contributed by atoms with van der Waals surface area (Å²) in [6.45, 7) is 6.60. The third-order valence-electron chi connectivity index (χ3n) is 6.66. The number of nitriles is 1. The molecule has 0 aliphatic carbocycles. The van der Waals surface area contributed by atoms with Gasteiger partial charge in [0.15, 0.2) is 6.19 Å². The lowest BCUT2D eigenvalue weighted by Crippen LogP contribution is -2.50. The van der Waals surface area contributed by atoms with Crippen LogP contribution in [0.15, 0.2) is 73.3 Å². The van der Waals surface area contributed by atoms with Crippen LogP contribution < -0.4 is 10.2 Å². The standard InChI is InChI=1S/C29H32N6O3/c1-29(2,3)22-6-8-23(9-7-22)35(28(38)25-15-24(36)18-34(25)19-30)26(21-5-4-12-32-17-21)27(37)33-16-20-10-13-31-14-11-20/h4-14,17,24-26,36H,15-16,18H2,1-3H3,(H,33,37). The number of aliphatic hydroxyl groups is 1. The molecule has 2 N–H and O–H groups in total. The summed E-state index contributed by atoms with van der Waals surface area (Å²) in [6.07, 6.45) is 7.77. The van der Waals surface area contributed by atoms with Gasteiger partial charge in [-0.2, -0.15) is 5.26 Å². The molecule has 1 saturated heterocycles. The minimum absolute atomic E-state index is 0.0650. The highest BCUT2D eigenvalue weighted by atomic mass is 16.3. The zero-order chi connectivity index (χ0) is 27.3. The predicted molar refractivity (Wildman–Crippen MR) is 142 cm³/mol. The van der Waals surface area contributed by atoms with Gasteiger partial charge >= 0.3 is 0 Å². The van der Waals surface area contributed by atoms with E-state index in [4.69, 9.17) is 0 Å². The number of aromatic nitrogens is 2. The number of aliphatic hydroxyl groups excluding tert-OH is 1. The molecule has 9 heteroatoms. The van der Waals surface area contributed by atoms with Crippen molar-refractivity contribution in [1.82, 2.24) is 20.2 Å². The molecule has 3 heterocycles. The van der Waals surface area contributed by atoms with Gasteiger partial charge in [-0.25, -0.2) is 0 Å². The smallest absolute Gasteiger partial charge is 0.251 e. The summed E-state index contributed by atoms with van der Waals surface area (Å²) in [4.78, 5) is 38.9. The topological polar surface area (TPSA) is 122 Å². The number of amides is 2. The number of hydrogen-bond donors (Lipinski definition) is 2. The van der Waals surface area contributed by atoms with Gasteiger partial charge in [-0.1, -0.05) is 39.0 Å². The van der Waals surface area contributed by atoms with Gasteiger partial charge in [-0.15, -0.1) is 0 Å². The molecule has 3 aromatic rings. The molecule has 9 nitrogen and oxygen atoms in total. The predicted octanol–water partition coefficient (Wildman–Crippen LogP) is 3.08. The molecule has 0 spiro atoms. The monoisotopic (exact) mass is 512 g/mol. The molecule has 0 radical (unpaired) electrons. The first kappa shape index (κ1) is 26.8. The number of carbonyl (C=O) groups excluding carboxylic acids is 2. The first-order valence-electron chi connectivity index (χ1n) is 12.5. The van der Waals surface area contributed by atoms with E-state index in [9.17, 15) is 20.0 Å². The highest BCUT2D eigenvalue weighted by molar-refractivity contribution is 6.04. The highest BCUT2D eigenvalue weighted by Gasteiger charge is 2.42. The second-order valence-corrected chi connectivity index (χ2v) is 10.4. The molecule has 3 atom stereocenters. The van der Waals surface area contributed by atoms with E-state index < -0.39 is 30.0 Å². The van der Waals surface area contributed by atoms with E-state index in [1.807, 2.05) is 30.5 Å². The average Bonchev–Trinajstić information content (AvgIpc) is 3.31. The number of carbonyl (C=O) groups is 2. The molecule has 2 amide bonds. The molecule has 0 bridgehead atoms. The Labute approximate surface area is 222 Å². The van der Waals surface area contributed by atoms with Crippen molar-refractivity contribution in [3.8, 4) is 6.19 Å². The van der Waals surface area contributed by atoms with E-state index >= 15 is 0 Å². The van der Waals surface area contributed by atoms with E-state index in [2.05, 4.69) is 36.1 Å². The third kappa shape index (κ3) is 5.98. The normalized spacial score (nSPS) is 17.9. The minimum Gasteiger partial charge on any atom is -0.391 e. The maximum Gasteiger partial charge on any atom is 0.251 e. The summed E-state index contributed by atoms with van der Waals surface area (Å²) in [5.41, 5.74) is 2.86. The Hall–Kier alpha value is -4.29. The van der Waals surface area contributed by atoms with Crippen molar-refractivity contribution in [2.75, 3.05) is 11.4 Å². The van der Waals surface area contributed by atoms with E-state index in [0.717, 1.165) is 11.1 Å². The lowest BCUT2D eigenvalue weighted by molar-refractivity contribution is -0.128. The largest absolute Gasteiger partial charge is 0.391 e. The van der Waals surface area contributed by atoms with Crippen LogP contribution in [0, 0.1) is 11.5 Å². The van der Waals surface area contributed by atoms with Gasteiger partial charge < -0.3 is 10.4 Å². The molecule has 0 saturated carbocycles. The van der Waals surface area contributed by atoms with E-state index in [0.29, 0.717) is 11.3 Å². The number of likely N-dealkylation sites (tertiary alicyclic amines) is 1. The summed E-state index contributed by atoms with van der Waals surface area (Å²) in [7, 11) is 0. The number of β-amino-alcohol motifs (C(OH)–C–C–N with tert-alkyl or cyclic N) is 1. The molecular weight excluding hydrogens is 480 g/mol. The summed E-state index contributed by atoms with van der Waals surface area (Å²) in [5, 5.41) is 22.8. The van der Waals surface area contributed by atoms with Crippen LogP contribution >= 0.6 is 0 Å². The van der Waals surface area contributed by atoms with Gasteiger partial charge in [0.05, 0.1) is 12.6 Å². The van der Waals surface area contributed by atoms with E-state index in [-0.39, 0.29) is 24.9 Å². The summed E-state index contributed by atoms with van der Waals surface area (Å²) in [5.74, 6) is -0.843. The van der Waals surface area contributed by atoms with Gasteiger partial charge in [0.1, 0.15) is 12.1 Å². The number of anilines is 1. The Balaban J connectivity index is 1.78. The molecule has 4 rings (SSSR count). The highest BCUT2D eigenvalue weighted by Crippen LogP contribution is 2.33. The molecule has 1 aliphatic heterocycles. The van der Waals surface area contributed by atoms with Crippen molar-refractivity contribution in [2.45, 2.75) is 57.3 Å². The van der Waals surface area contributed by atoms with Crippen LogP contribution in [0.3, 0.4) is 0 Å². The van der Waals surface area contributed by atoms with Crippen LogP contribution in [-0.2, 0) is 21.5 Å². The molecule has 1 aliphatic rings. The van der Waals surface area contributed by atoms with Crippen molar-refractivity contribution < 1.29 is 14.7 Å². The first-order chi connectivity index (χ1) is 18.2. The molecule has 3 unspecified atom stereocenters. The van der Waals surface area contributed by atoms with Crippen molar-refractivity contribution in [1.29, 1.82) is 5.26 Å². The number of rotatable bonds is 7. The summed E-state index contributed by atoms with van der Waals surface area (Å²) in [6, 6.07) is 12.6. The molecular formula is C29H32N6O3. The SMILES string of the molecule is CC(C)(C)c1ccc(N(C(=O)C2CC(O)CN2C#N)C(C(=O)NCc2ccncc2)c2cccnc2)cc1. The Bertz CT molecular complexity index is 1290. The Kier molecular flexibility index (Phi) is 8.03. The number of nitrogens with one attached hydrogen (secondary N) is 1. The lowest BCUT2D eigenvalue weighted by Gasteiger charge is -2.34. The number of pyridine rings is 2. The molecule has 2 aromatic heterocycles. The van der Waals surface area contributed by atoms with Crippen LogP contribution in [0.4, 0.5) is 5.69 Å². The van der Waals surface area contributed by atoms with Crippen LogP contribution in [0.25, 0.3) is 0 Å². The van der Waals surface area contributed by atoms with E-state index in [1.54, 1.807) is 49.1 Å². The average molecular weight is 513 g/mol. The fraction of sp³-hybridized carbons (Fsp3) is 0.345. The molecule has 38 heavy (non-hydrogen) atoms. The Morgan fingerprint density at radius 3 is 2.45 bits per heavy atom. The quantitative estimate of drug-likeness (QED) is 0.467. The second-order valence-electron chi connectivity index (χ2n) is 10.4. The van der Waals surface area contributed by atoms with Gasteiger partial charge in [-0.05, 0) is 46.9 Å². The minimum atomic E-state index is -1.06. The lowest BCUT2D eigenvalue weighted by atomic mass is 9.87. The maximum atomic E-state index is 14.1. The van der Waals surface area contributed by atoms with Crippen LogP contribution in [0.2, 0.25) is 0 Å². The molecule has 196 valence electrons. The fourth-order valence-corrected chi connectivity index (χ4v) is 4.59. The number of hydrogen-bond acceptors (Lipinski definition) is 7. The third-order valence-corrected chi connectivity index (χ3v) is 6.66. The van der Waals surface area contributed by atoms with E-state index in [1.165, 1.54) is 9.80 Å². The molecule has 1 fully saturated rings. The van der Waals surface area contributed by atoms with Crippen molar-refractivity contribution >= 4 is 17.5 Å². The van der Waals surface area contributed by atoms with Gasteiger partial charge in [0.2, 0.25) is 5.91 Å². The molecule has 1 aromatic carbocycles. The zero-order valence-corrected chi connectivity index (χ0v) is 21.8. The summed E-state index contributed by atoms with van der Waals surface area (Å²) >= 11 is 0. The maximum absolute atomic E-state index is 14.1. The Morgan fingerprint density at radius 1 is 1.13 bits per heavy atom. The van der Waals surface area contributed by atoms with Crippen molar-refractivity contribution in [3.63, 3.8) is 0 Å². The van der Waals surface area contributed by atoms with Crippen molar-refractivity contribution in [2.24, 2.45) is 0 Å². The Morgan fingerprint density at radius 2 is 1.84 bits per heavy atom. The number of benzene rings is 1.